The molecule has 0 aromatic heterocycles. The predicted octanol–water partition coefficient (Wildman–Crippen LogP) is 12.8. The van der Waals surface area contributed by atoms with Crippen LogP contribution in [-0.2, 0) is 6.42 Å². The van der Waals surface area contributed by atoms with Crippen LogP contribution in [0.1, 0.15) is 151 Å². The van der Waals surface area contributed by atoms with Crippen molar-refractivity contribution in [1.82, 2.24) is 5.32 Å². The number of nitrogens with one attached hydrogen (secondary N) is 1. The molecule has 2 aliphatic heterocycles. The summed E-state index contributed by atoms with van der Waals surface area (Å²) in [5, 5.41) is 10.6. The molecular formula is C40H72INO2. The van der Waals surface area contributed by atoms with Crippen LogP contribution in [0.2, 0.25) is 0 Å². The molecule has 3 fully saturated rings. The number of alkyl halides is 3. The SMILES string of the molecule is CC.CC.CC.CC(C)CCCCC1CCC2C1CCC1I2CC=C2CCCCC21C.O=C(O)NCCCc1ccccc1. The van der Waals surface area contributed by atoms with Gasteiger partial charge in [-0.25, -0.2) is 4.79 Å². The minimum absolute atomic E-state index is 0.518. The number of fused-ring (bicyclic) bond motifs is 5. The van der Waals surface area contributed by atoms with E-state index in [1.54, 1.807) is 36.5 Å². The molecule has 0 radical (unpaired) electrons. The normalized spacial score (nSPS) is 27.0. The third kappa shape index (κ3) is 12.6. The van der Waals surface area contributed by atoms with E-state index in [1.165, 1.54) is 64.3 Å². The van der Waals surface area contributed by atoms with Gasteiger partial charge in [-0.05, 0) is 18.4 Å². The smallest absolute Gasteiger partial charge is 0.404 e. The van der Waals surface area contributed by atoms with Gasteiger partial charge in [-0.15, -0.1) is 0 Å². The summed E-state index contributed by atoms with van der Waals surface area (Å²) in [5.74, 6) is 3.20. The van der Waals surface area contributed by atoms with E-state index in [9.17, 15) is 4.79 Å². The number of allylic oxidation sites excluding steroid dienone is 2. The molecule has 1 saturated heterocycles. The molecule has 5 atom stereocenters. The Kier molecular flexibility index (Phi) is 21.7. The van der Waals surface area contributed by atoms with Crippen molar-refractivity contribution in [2.24, 2.45) is 23.2 Å². The molecule has 44 heavy (non-hydrogen) atoms. The van der Waals surface area contributed by atoms with E-state index in [0.717, 1.165) is 24.7 Å². The van der Waals surface area contributed by atoms with Crippen LogP contribution in [0.5, 0.6) is 0 Å². The Morgan fingerprint density at radius 2 is 1.66 bits per heavy atom. The largest absolute Gasteiger partial charge is 0.465 e. The van der Waals surface area contributed by atoms with Crippen molar-refractivity contribution in [3.8, 4) is 0 Å². The molecule has 4 aliphatic rings. The van der Waals surface area contributed by atoms with Gasteiger partial charge in [-0.2, -0.15) is 0 Å². The summed E-state index contributed by atoms with van der Waals surface area (Å²) in [6, 6.07) is 10.0. The molecule has 1 amide bonds. The number of aryl methyl sites for hydroxylation is 1. The quantitative estimate of drug-likeness (QED) is 0.115. The van der Waals surface area contributed by atoms with Gasteiger partial charge in [0.1, 0.15) is 0 Å². The maximum Gasteiger partial charge on any atom is 0.404 e. The Hall–Kier alpha value is -1.04. The monoisotopic (exact) mass is 725 g/mol. The minimum Gasteiger partial charge on any atom is -0.465 e. The van der Waals surface area contributed by atoms with Crippen LogP contribution in [0.3, 0.4) is 0 Å². The molecule has 5 unspecified atom stereocenters. The second kappa shape index (κ2) is 23.3. The van der Waals surface area contributed by atoms with Crippen LogP contribution >= 0.6 is 19.8 Å². The summed E-state index contributed by atoms with van der Waals surface area (Å²) in [6.07, 6.45) is 22.1. The van der Waals surface area contributed by atoms with Gasteiger partial charge >= 0.3 is 171 Å². The first-order valence-corrected chi connectivity index (χ1v) is 22.7. The van der Waals surface area contributed by atoms with Crippen molar-refractivity contribution in [1.29, 1.82) is 0 Å². The van der Waals surface area contributed by atoms with Crippen LogP contribution in [-0.4, -0.2) is 30.0 Å². The summed E-state index contributed by atoms with van der Waals surface area (Å²) >= 11 is -0.785. The standard InChI is InChI=1S/C24H41I.C10H13NO2.3C2H6/c1-18(2)8-4-5-9-19-11-13-22-21(19)12-14-23-24(3)16-7-6-10-20(24)15-17-25(22)23;12-10(13)11-8-4-7-9-5-2-1-3-6-9;3*1-2/h15,18-19,21-23H,4-14,16-17H2,1-3H3;1-3,5-6,11H,4,7-8H2,(H,12,13);3*1-2H3. The Balaban J connectivity index is 0.000000432. The molecule has 2 saturated carbocycles. The zero-order chi connectivity index (χ0) is 33.0. The van der Waals surface area contributed by atoms with Gasteiger partial charge in [0.15, 0.2) is 0 Å². The fraction of sp³-hybridized carbons (Fsp3) is 0.775. The molecule has 1 aromatic rings. The van der Waals surface area contributed by atoms with Gasteiger partial charge in [0.05, 0.1) is 0 Å². The summed E-state index contributed by atoms with van der Waals surface area (Å²) in [7, 11) is 0. The van der Waals surface area contributed by atoms with Crippen LogP contribution in [0.15, 0.2) is 42.0 Å². The zero-order valence-corrected chi connectivity index (χ0v) is 32.6. The Morgan fingerprint density at radius 3 is 2.32 bits per heavy atom. The predicted molar refractivity (Wildman–Crippen MR) is 205 cm³/mol. The first kappa shape index (κ1) is 41.0. The first-order chi connectivity index (χ1) is 21.4. The molecule has 2 heterocycles. The fourth-order valence-electron chi connectivity index (χ4n) is 7.96. The number of carboxylic acid groups (broad SMARTS) is 1. The zero-order valence-electron chi connectivity index (χ0n) is 30.4. The van der Waals surface area contributed by atoms with E-state index in [0.29, 0.717) is 12.0 Å². The van der Waals surface area contributed by atoms with E-state index in [-0.39, 0.29) is 0 Å². The van der Waals surface area contributed by atoms with Crippen LogP contribution in [0.25, 0.3) is 0 Å². The van der Waals surface area contributed by atoms with Crippen molar-refractivity contribution < 1.29 is 9.90 Å². The van der Waals surface area contributed by atoms with E-state index in [2.05, 4.69) is 32.2 Å². The van der Waals surface area contributed by atoms with Gasteiger partial charge in [-0.1, -0.05) is 71.9 Å². The number of carbonyl (C=O) groups is 1. The van der Waals surface area contributed by atoms with Crippen LogP contribution in [0.4, 0.5) is 4.79 Å². The van der Waals surface area contributed by atoms with Crippen molar-refractivity contribution in [3.63, 3.8) is 0 Å². The maximum atomic E-state index is 10.1. The maximum absolute atomic E-state index is 10.1. The van der Waals surface area contributed by atoms with Gasteiger partial charge in [0.2, 0.25) is 0 Å². The summed E-state index contributed by atoms with van der Waals surface area (Å²) in [6.45, 7) is 20.0. The number of amides is 1. The topological polar surface area (TPSA) is 49.3 Å². The molecule has 3 nitrogen and oxygen atoms in total. The van der Waals surface area contributed by atoms with Crippen molar-refractivity contribution >= 4 is 25.9 Å². The van der Waals surface area contributed by atoms with E-state index >= 15 is 0 Å². The van der Waals surface area contributed by atoms with Gasteiger partial charge in [-0.3, -0.25) is 0 Å². The minimum atomic E-state index is -0.951. The first-order valence-electron chi connectivity index (χ1n) is 18.7. The van der Waals surface area contributed by atoms with Crippen molar-refractivity contribution in [2.75, 3.05) is 11.0 Å². The number of unbranched alkanes of at least 4 members (excludes halogenated alkanes) is 1. The number of halogens is 1. The second-order valence-corrected chi connectivity index (χ2v) is 19.5. The molecule has 1 aromatic carbocycles. The van der Waals surface area contributed by atoms with Crippen LogP contribution in [0, 0.1) is 23.2 Å². The average molecular weight is 726 g/mol. The molecular weight excluding hydrogens is 653 g/mol. The molecule has 0 bridgehead atoms. The molecule has 4 heteroatoms. The average Bonchev–Trinajstić information content (AvgIpc) is 3.48. The molecule has 2 aliphatic carbocycles. The number of hydrogen-bond acceptors (Lipinski definition) is 1. The van der Waals surface area contributed by atoms with E-state index < -0.39 is 25.9 Å². The van der Waals surface area contributed by atoms with Gasteiger partial charge < -0.3 is 10.4 Å². The van der Waals surface area contributed by atoms with Crippen molar-refractivity contribution in [3.05, 3.63) is 47.5 Å². The number of hydrogen-bond donors (Lipinski definition) is 2. The third-order valence-electron chi connectivity index (χ3n) is 10.0. The second-order valence-electron chi connectivity index (χ2n) is 13.0. The summed E-state index contributed by atoms with van der Waals surface area (Å²) in [4.78, 5) is 10.1. The number of rotatable bonds is 9. The van der Waals surface area contributed by atoms with Crippen LogP contribution < -0.4 is 5.32 Å². The van der Waals surface area contributed by atoms with Gasteiger partial charge in [0.25, 0.3) is 0 Å². The molecule has 0 spiro atoms. The van der Waals surface area contributed by atoms with Crippen molar-refractivity contribution in [2.45, 2.75) is 160 Å². The Bertz CT molecular complexity index is 900. The molecule has 5 rings (SSSR count). The fourth-order valence-corrected chi connectivity index (χ4v) is 18.3. The summed E-state index contributed by atoms with van der Waals surface area (Å²) < 4.78 is 4.04. The third-order valence-corrected chi connectivity index (χ3v) is 19.0. The number of benzene rings is 1. The van der Waals surface area contributed by atoms with E-state index in [1.807, 2.05) is 77.4 Å². The summed E-state index contributed by atoms with van der Waals surface area (Å²) in [5.41, 5.74) is 3.83. The molecule has 256 valence electrons. The van der Waals surface area contributed by atoms with E-state index in [4.69, 9.17) is 5.11 Å². The Morgan fingerprint density at radius 1 is 0.955 bits per heavy atom. The van der Waals surface area contributed by atoms with Gasteiger partial charge in [0, 0.05) is 6.54 Å². The molecule has 2 N–H and O–H groups in total. The Labute approximate surface area is 281 Å².